The third-order valence-corrected chi connectivity index (χ3v) is 4.42. The Kier molecular flexibility index (Phi) is 4.88. The summed E-state index contributed by atoms with van der Waals surface area (Å²) in [4.78, 5) is 9.94. The molecule has 0 aliphatic heterocycles. The maximum Gasteiger partial charge on any atom is 0.270 e. The van der Waals surface area contributed by atoms with Crippen molar-refractivity contribution in [2.24, 2.45) is 0 Å². The van der Waals surface area contributed by atoms with Gasteiger partial charge >= 0.3 is 0 Å². The summed E-state index contributed by atoms with van der Waals surface area (Å²) < 4.78 is 28.3. The standard InChI is InChI=1S/C13H16N4O4S/c1-11-9-14-16(10-11)7-3-6-15-22(20,21)13-5-2-4-12(8-13)17(18)19/h2,4-5,8-10,15H,3,6-7H2,1H3. The van der Waals surface area contributed by atoms with E-state index in [2.05, 4.69) is 9.82 Å². The average molecular weight is 324 g/mol. The lowest BCUT2D eigenvalue weighted by Crippen LogP contribution is -2.25. The van der Waals surface area contributed by atoms with Crippen LogP contribution in [0.2, 0.25) is 0 Å². The fraction of sp³-hybridized carbons (Fsp3) is 0.308. The Bertz CT molecular complexity index is 770. The summed E-state index contributed by atoms with van der Waals surface area (Å²) >= 11 is 0. The summed E-state index contributed by atoms with van der Waals surface area (Å²) in [5.74, 6) is 0. The van der Waals surface area contributed by atoms with Gasteiger partial charge < -0.3 is 0 Å². The third kappa shape index (κ3) is 4.12. The van der Waals surface area contributed by atoms with Crippen molar-refractivity contribution in [3.8, 4) is 0 Å². The highest BCUT2D eigenvalue weighted by Gasteiger charge is 2.16. The molecule has 1 N–H and O–H groups in total. The first kappa shape index (κ1) is 16.1. The number of nitrogens with one attached hydrogen (secondary N) is 1. The lowest BCUT2D eigenvalue weighted by atomic mass is 10.3. The number of non-ortho nitro benzene ring substituents is 1. The number of nitro groups is 1. The van der Waals surface area contributed by atoms with Crippen LogP contribution >= 0.6 is 0 Å². The minimum atomic E-state index is -3.75. The zero-order valence-electron chi connectivity index (χ0n) is 12.0. The van der Waals surface area contributed by atoms with Crippen LogP contribution in [0.1, 0.15) is 12.0 Å². The summed E-state index contributed by atoms with van der Waals surface area (Å²) in [6.45, 7) is 2.74. The molecule has 0 radical (unpaired) electrons. The van der Waals surface area contributed by atoms with Crippen molar-refractivity contribution in [1.82, 2.24) is 14.5 Å². The molecule has 0 aliphatic carbocycles. The second-order valence-electron chi connectivity index (χ2n) is 4.79. The number of rotatable bonds is 7. The lowest BCUT2D eigenvalue weighted by Gasteiger charge is -2.06. The quantitative estimate of drug-likeness (QED) is 0.471. The van der Waals surface area contributed by atoms with Gasteiger partial charge in [0, 0.05) is 31.4 Å². The van der Waals surface area contributed by atoms with Crippen LogP contribution in [0.5, 0.6) is 0 Å². The number of aryl methyl sites for hydroxylation is 2. The van der Waals surface area contributed by atoms with Crippen LogP contribution in [-0.2, 0) is 16.6 Å². The van der Waals surface area contributed by atoms with Crippen LogP contribution < -0.4 is 4.72 Å². The third-order valence-electron chi connectivity index (χ3n) is 2.96. The van der Waals surface area contributed by atoms with E-state index in [1.807, 2.05) is 13.1 Å². The van der Waals surface area contributed by atoms with E-state index in [0.29, 0.717) is 13.0 Å². The van der Waals surface area contributed by atoms with E-state index in [-0.39, 0.29) is 17.1 Å². The van der Waals surface area contributed by atoms with Gasteiger partial charge in [0.05, 0.1) is 16.0 Å². The molecular weight excluding hydrogens is 308 g/mol. The largest absolute Gasteiger partial charge is 0.272 e. The van der Waals surface area contributed by atoms with E-state index in [1.165, 1.54) is 18.2 Å². The summed E-state index contributed by atoms with van der Waals surface area (Å²) in [5, 5.41) is 14.8. The zero-order chi connectivity index (χ0) is 16.2. The van der Waals surface area contributed by atoms with Gasteiger partial charge in [-0.15, -0.1) is 0 Å². The molecule has 8 nitrogen and oxygen atoms in total. The number of sulfonamides is 1. The van der Waals surface area contributed by atoms with Crippen molar-refractivity contribution >= 4 is 15.7 Å². The summed E-state index contributed by atoms with van der Waals surface area (Å²) in [7, 11) is -3.75. The number of hydrogen-bond acceptors (Lipinski definition) is 5. The van der Waals surface area contributed by atoms with E-state index >= 15 is 0 Å². The summed E-state index contributed by atoms with van der Waals surface area (Å²) in [5.41, 5.74) is 0.784. The molecule has 0 unspecified atom stereocenters. The predicted molar refractivity (Wildman–Crippen MR) is 79.9 cm³/mol. The van der Waals surface area contributed by atoms with Crippen molar-refractivity contribution in [2.75, 3.05) is 6.54 Å². The molecule has 2 aromatic rings. The molecule has 0 fully saturated rings. The first-order valence-corrected chi connectivity index (χ1v) is 8.10. The van der Waals surface area contributed by atoms with E-state index in [4.69, 9.17) is 0 Å². The molecule has 0 atom stereocenters. The lowest BCUT2D eigenvalue weighted by molar-refractivity contribution is -0.385. The molecule has 0 aliphatic rings. The van der Waals surface area contributed by atoms with Crippen LogP contribution in [-0.4, -0.2) is 29.7 Å². The highest BCUT2D eigenvalue weighted by atomic mass is 32.2. The van der Waals surface area contributed by atoms with Crippen molar-refractivity contribution in [3.05, 3.63) is 52.3 Å². The van der Waals surface area contributed by atoms with Crippen LogP contribution in [0.15, 0.2) is 41.6 Å². The van der Waals surface area contributed by atoms with Gasteiger partial charge in [-0.3, -0.25) is 14.8 Å². The Morgan fingerprint density at radius 1 is 1.41 bits per heavy atom. The molecular formula is C13H16N4O4S. The zero-order valence-corrected chi connectivity index (χ0v) is 12.8. The van der Waals surface area contributed by atoms with Gasteiger partial charge in [0.25, 0.3) is 5.69 Å². The molecule has 1 heterocycles. The van der Waals surface area contributed by atoms with Gasteiger partial charge in [0.1, 0.15) is 0 Å². The van der Waals surface area contributed by atoms with Crippen LogP contribution in [0.3, 0.4) is 0 Å². The van der Waals surface area contributed by atoms with Gasteiger partial charge in [-0.2, -0.15) is 5.10 Å². The van der Waals surface area contributed by atoms with Gasteiger partial charge in [-0.1, -0.05) is 6.07 Å². The van der Waals surface area contributed by atoms with Crippen molar-refractivity contribution in [2.45, 2.75) is 24.8 Å². The minimum absolute atomic E-state index is 0.114. The van der Waals surface area contributed by atoms with Crippen LogP contribution in [0.25, 0.3) is 0 Å². The Morgan fingerprint density at radius 2 is 2.18 bits per heavy atom. The highest BCUT2D eigenvalue weighted by molar-refractivity contribution is 7.89. The number of benzene rings is 1. The van der Waals surface area contributed by atoms with Crippen molar-refractivity contribution in [1.29, 1.82) is 0 Å². The summed E-state index contributed by atoms with van der Waals surface area (Å²) in [6, 6.07) is 4.96. The predicted octanol–water partition coefficient (Wildman–Crippen LogP) is 1.47. The molecule has 1 aromatic heterocycles. The maximum atomic E-state index is 12.1. The normalized spacial score (nSPS) is 11.5. The van der Waals surface area contributed by atoms with Crippen LogP contribution in [0, 0.1) is 17.0 Å². The summed E-state index contributed by atoms with van der Waals surface area (Å²) in [6.07, 6.45) is 4.16. The van der Waals surface area contributed by atoms with E-state index in [9.17, 15) is 18.5 Å². The monoisotopic (exact) mass is 324 g/mol. The highest BCUT2D eigenvalue weighted by Crippen LogP contribution is 2.17. The van der Waals surface area contributed by atoms with Gasteiger partial charge in [-0.05, 0) is 25.0 Å². The molecule has 0 spiro atoms. The van der Waals surface area contributed by atoms with Crippen molar-refractivity contribution in [3.63, 3.8) is 0 Å². The van der Waals surface area contributed by atoms with Crippen molar-refractivity contribution < 1.29 is 13.3 Å². The number of aromatic nitrogens is 2. The molecule has 1 aromatic carbocycles. The molecule has 22 heavy (non-hydrogen) atoms. The van der Waals surface area contributed by atoms with E-state index < -0.39 is 14.9 Å². The molecule has 0 saturated heterocycles. The van der Waals surface area contributed by atoms with Gasteiger partial charge in [0.15, 0.2) is 0 Å². The number of nitrogens with zero attached hydrogens (tertiary/aromatic N) is 3. The second-order valence-corrected chi connectivity index (χ2v) is 6.55. The van der Waals surface area contributed by atoms with Crippen LogP contribution in [0.4, 0.5) is 5.69 Å². The average Bonchev–Trinajstić information content (AvgIpc) is 2.89. The first-order valence-electron chi connectivity index (χ1n) is 6.62. The SMILES string of the molecule is Cc1cnn(CCCNS(=O)(=O)c2cccc([N+](=O)[O-])c2)c1. The molecule has 0 saturated carbocycles. The smallest absolute Gasteiger partial charge is 0.270 e. The first-order chi connectivity index (χ1) is 10.4. The fourth-order valence-electron chi connectivity index (χ4n) is 1.88. The number of nitro benzene ring substituents is 1. The van der Waals surface area contributed by atoms with E-state index in [1.54, 1.807) is 10.9 Å². The maximum absolute atomic E-state index is 12.1. The molecule has 9 heteroatoms. The molecule has 0 amide bonds. The number of hydrogen-bond donors (Lipinski definition) is 1. The molecule has 2 rings (SSSR count). The van der Waals surface area contributed by atoms with Gasteiger partial charge in [0.2, 0.25) is 10.0 Å². The Hall–Kier alpha value is -2.26. The van der Waals surface area contributed by atoms with E-state index in [0.717, 1.165) is 11.6 Å². The second kappa shape index (κ2) is 6.67. The molecule has 0 bridgehead atoms. The Balaban J connectivity index is 1.93. The topological polar surface area (TPSA) is 107 Å². The minimum Gasteiger partial charge on any atom is -0.272 e. The Labute approximate surface area is 128 Å². The molecule has 118 valence electrons. The fourth-order valence-corrected chi connectivity index (χ4v) is 3.00. The Morgan fingerprint density at radius 3 is 2.82 bits per heavy atom. The van der Waals surface area contributed by atoms with Gasteiger partial charge in [-0.25, -0.2) is 13.1 Å².